The Bertz CT molecular complexity index is 449. The van der Waals surface area contributed by atoms with E-state index in [0.29, 0.717) is 22.5 Å². The minimum atomic E-state index is 0.136. The van der Waals surface area contributed by atoms with E-state index in [9.17, 15) is 4.79 Å². The maximum atomic E-state index is 12.5. The third kappa shape index (κ3) is 4.94. The third-order valence-electron chi connectivity index (χ3n) is 3.37. The van der Waals surface area contributed by atoms with Crippen molar-refractivity contribution in [1.29, 1.82) is 0 Å². The van der Waals surface area contributed by atoms with Gasteiger partial charge in [0.1, 0.15) is 0 Å². The van der Waals surface area contributed by atoms with Crippen LogP contribution in [0, 0.1) is 0 Å². The van der Waals surface area contributed by atoms with Gasteiger partial charge in [-0.3, -0.25) is 4.79 Å². The number of hydrogen-bond acceptors (Lipinski definition) is 1. The minimum absolute atomic E-state index is 0.136. The van der Waals surface area contributed by atoms with E-state index in [2.05, 4.69) is 29.8 Å². The van der Waals surface area contributed by atoms with Crippen LogP contribution >= 0.6 is 39.1 Å². The molecule has 1 aromatic rings. The summed E-state index contributed by atoms with van der Waals surface area (Å²) in [5, 5.41) is 1.79. The van der Waals surface area contributed by atoms with Crippen LogP contribution in [-0.2, 0) is 11.2 Å². The first-order chi connectivity index (χ1) is 9.53. The van der Waals surface area contributed by atoms with Crippen LogP contribution in [0.15, 0.2) is 18.2 Å². The Balaban J connectivity index is 2.81. The van der Waals surface area contributed by atoms with Crippen LogP contribution in [0.3, 0.4) is 0 Å². The molecule has 0 aromatic heterocycles. The predicted octanol–water partition coefficient (Wildman–Crippen LogP) is 4.95. The van der Waals surface area contributed by atoms with Crippen molar-refractivity contribution in [3.05, 3.63) is 33.8 Å². The molecule has 0 fully saturated rings. The van der Waals surface area contributed by atoms with Crippen molar-refractivity contribution >= 4 is 45.0 Å². The summed E-state index contributed by atoms with van der Waals surface area (Å²) in [7, 11) is 0. The summed E-state index contributed by atoms with van der Waals surface area (Å²) >= 11 is 15.3. The topological polar surface area (TPSA) is 20.3 Å². The molecule has 0 saturated heterocycles. The van der Waals surface area contributed by atoms with Gasteiger partial charge < -0.3 is 4.90 Å². The number of hydrogen-bond donors (Lipinski definition) is 0. The molecular weight excluding hydrogens is 361 g/mol. The zero-order valence-corrected chi connectivity index (χ0v) is 14.9. The lowest BCUT2D eigenvalue weighted by molar-refractivity contribution is -0.132. The van der Waals surface area contributed by atoms with Crippen molar-refractivity contribution < 1.29 is 4.79 Å². The summed E-state index contributed by atoms with van der Waals surface area (Å²) in [5.74, 6) is 0.136. The Hall–Kier alpha value is -0.250. The molecule has 0 radical (unpaired) electrons. The van der Waals surface area contributed by atoms with Crippen LogP contribution in [0.4, 0.5) is 0 Å². The van der Waals surface area contributed by atoms with Gasteiger partial charge in [0.15, 0.2) is 0 Å². The molecule has 0 unspecified atom stereocenters. The van der Waals surface area contributed by atoms with Crippen LogP contribution in [0.1, 0.15) is 32.3 Å². The van der Waals surface area contributed by atoms with E-state index in [1.165, 1.54) is 0 Å². The van der Waals surface area contributed by atoms with Gasteiger partial charge in [0, 0.05) is 17.9 Å². The van der Waals surface area contributed by atoms with Crippen molar-refractivity contribution in [3.8, 4) is 0 Å². The highest BCUT2D eigenvalue weighted by Crippen LogP contribution is 2.23. The van der Waals surface area contributed by atoms with Gasteiger partial charge >= 0.3 is 0 Å². The van der Waals surface area contributed by atoms with Crippen LogP contribution in [-0.4, -0.2) is 28.7 Å². The second-order valence-corrected chi connectivity index (χ2v) is 6.28. The summed E-state index contributed by atoms with van der Waals surface area (Å²) in [4.78, 5) is 14.4. The second-order valence-electron chi connectivity index (χ2n) is 4.67. The standard InChI is InChI=1S/C15H20BrCl2NO/c1-3-12(4-2)19(8-7-16)15(20)10-11-5-6-13(17)14(18)9-11/h5-6,9,12H,3-4,7-8,10H2,1-2H3. The molecule has 0 saturated carbocycles. The number of rotatable bonds is 7. The SMILES string of the molecule is CCC(CC)N(CCBr)C(=O)Cc1ccc(Cl)c(Cl)c1. The van der Waals surface area contributed by atoms with Crippen LogP contribution in [0.2, 0.25) is 10.0 Å². The Morgan fingerprint density at radius 3 is 2.40 bits per heavy atom. The van der Waals surface area contributed by atoms with Gasteiger partial charge in [-0.1, -0.05) is 59.0 Å². The molecular formula is C15H20BrCl2NO. The largest absolute Gasteiger partial charge is 0.339 e. The Morgan fingerprint density at radius 1 is 1.25 bits per heavy atom. The number of carbonyl (C=O) groups is 1. The zero-order valence-electron chi connectivity index (χ0n) is 11.8. The number of amides is 1. The normalized spacial score (nSPS) is 10.9. The Kier molecular flexibility index (Phi) is 7.93. The van der Waals surface area contributed by atoms with Crippen molar-refractivity contribution in [3.63, 3.8) is 0 Å². The van der Waals surface area contributed by atoms with Gasteiger partial charge in [-0.05, 0) is 30.5 Å². The maximum Gasteiger partial charge on any atom is 0.227 e. The van der Waals surface area contributed by atoms with E-state index in [1.54, 1.807) is 12.1 Å². The van der Waals surface area contributed by atoms with E-state index in [0.717, 1.165) is 30.3 Å². The molecule has 0 bridgehead atoms. The molecule has 0 aliphatic rings. The molecule has 0 aliphatic carbocycles. The van der Waals surface area contributed by atoms with Crippen LogP contribution in [0.5, 0.6) is 0 Å². The quantitative estimate of drug-likeness (QED) is 0.613. The average Bonchev–Trinajstić information content (AvgIpc) is 2.43. The van der Waals surface area contributed by atoms with Gasteiger partial charge in [0.2, 0.25) is 5.91 Å². The number of benzene rings is 1. The van der Waals surface area contributed by atoms with E-state index in [4.69, 9.17) is 23.2 Å². The molecule has 0 heterocycles. The molecule has 1 rings (SSSR count). The highest BCUT2D eigenvalue weighted by molar-refractivity contribution is 9.09. The van der Waals surface area contributed by atoms with Crippen molar-refractivity contribution in [2.75, 3.05) is 11.9 Å². The highest BCUT2D eigenvalue weighted by Gasteiger charge is 2.20. The lowest BCUT2D eigenvalue weighted by Crippen LogP contribution is -2.41. The molecule has 1 amide bonds. The average molecular weight is 381 g/mol. The summed E-state index contributed by atoms with van der Waals surface area (Å²) in [6, 6.07) is 5.65. The first kappa shape index (κ1) is 17.8. The number of alkyl halides is 1. The molecule has 5 heteroatoms. The molecule has 2 nitrogen and oxygen atoms in total. The fourth-order valence-corrected chi connectivity index (χ4v) is 2.96. The number of carbonyl (C=O) groups excluding carboxylic acids is 1. The Morgan fingerprint density at radius 2 is 1.90 bits per heavy atom. The number of nitrogens with zero attached hydrogens (tertiary/aromatic N) is 1. The first-order valence-corrected chi connectivity index (χ1v) is 8.70. The van der Waals surface area contributed by atoms with E-state index < -0.39 is 0 Å². The summed E-state index contributed by atoms with van der Waals surface area (Å²) in [6.45, 7) is 4.95. The fraction of sp³-hybridized carbons (Fsp3) is 0.533. The summed E-state index contributed by atoms with van der Waals surface area (Å²) in [5.41, 5.74) is 0.898. The maximum absolute atomic E-state index is 12.5. The fourth-order valence-electron chi connectivity index (χ4n) is 2.26. The van der Waals surface area contributed by atoms with Crippen molar-refractivity contribution in [2.24, 2.45) is 0 Å². The second kappa shape index (κ2) is 8.91. The first-order valence-electron chi connectivity index (χ1n) is 6.82. The third-order valence-corrected chi connectivity index (χ3v) is 4.46. The molecule has 0 aliphatic heterocycles. The van der Waals surface area contributed by atoms with Crippen LogP contribution in [0.25, 0.3) is 0 Å². The number of halogens is 3. The molecule has 0 atom stereocenters. The highest BCUT2D eigenvalue weighted by atomic mass is 79.9. The lowest BCUT2D eigenvalue weighted by Gasteiger charge is -2.30. The van der Waals surface area contributed by atoms with E-state index in [-0.39, 0.29) is 5.91 Å². The molecule has 1 aromatic carbocycles. The van der Waals surface area contributed by atoms with Gasteiger partial charge in [-0.2, -0.15) is 0 Å². The molecule has 0 N–H and O–H groups in total. The smallest absolute Gasteiger partial charge is 0.227 e. The van der Waals surface area contributed by atoms with Gasteiger partial charge in [-0.25, -0.2) is 0 Å². The molecule has 112 valence electrons. The molecule has 0 spiro atoms. The summed E-state index contributed by atoms with van der Waals surface area (Å²) < 4.78 is 0. The lowest BCUT2D eigenvalue weighted by atomic mass is 10.1. The van der Waals surface area contributed by atoms with Crippen molar-refractivity contribution in [2.45, 2.75) is 39.2 Å². The summed E-state index contributed by atoms with van der Waals surface area (Å²) in [6.07, 6.45) is 2.30. The van der Waals surface area contributed by atoms with E-state index in [1.807, 2.05) is 11.0 Å². The monoisotopic (exact) mass is 379 g/mol. The minimum Gasteiger partial charge on any atom is -0.339 e. The zero-order chi connectivity index (χ0) is 15.1. The van der Waals surface area contributed by atoms with Gasteiger partial charge in [-0.15, -0.1) is 0 Å². The Labute approximate surface area is 139 Å². The van der Waals surface area contributed by atoms with Gasteiger partial charge in [0.05, 0.1) is 16.5 Å². The molecule has 20 heavy (non-hydrogen) atoms. The van der Waals surface area contributed by atoms with Gasteiger partial charge in [0.25, 0.3) is 0 Å². The van der Waals surface area contributed by atoms with E-state index >= 15 is 0 Å². The van der Waals surface area contributed by atoms with Crippen molar-refractivity contribution in [1.82, 2.24) is 4.90 Å². The van der Waals surface area contributed by atoms with Crippen LogP contribution < -0.4 is 0 Å². The predicted molar refractivity (Wildman–Crippen MR) is 90.0 cm³/mol.